The number of benzene rings is 1. The quantitative estimate of drug-likeness (QED) is 0.410. The molecule has 1 aliphatic rings. The first-order chi connectivity index (χ1) is 16.3. The number of thiophene rings is 1. The Morgan fingerprint density at radius 2 is 1.89 bits per heavy atom. The first kappa shape index (κ1) is 25.9. The van der Waals surface area contributed by atoms with Crippen molar-refractivity contribution in [2.24, 2.45) is 0 Å². The van der Waals surface area contributed by atoms with Gasteiger partial charge in [0, 0.05) is 17.4 Å². The molecule has 188 valence electrons. The average Bonchev–Trinajstić information content (AvgIpc) is 3.50. The highest BCUT2D eigenvalue weighted by Crippen LogP contribution is 2.38. The van der Waals surface area contributed by atoms with Gasteiger partial charge >= 0.3 is 6.18 Å². The highest BCUT2D eigenvalue weighted by Gasteiger charge is 2.53. The van der Waals surface area contributed by atoms with E-state index in [1.165, 1.54) is 24.3 Å². The number of hydrogen-bond donors (Lipinski definition) is 1. The van der Waals surface area contributed by atoms with Crippen LogP contribution in [0.25, 0.3) is 11.3 Å². The van der Waals surface area contributed by atoms with Crippen LogP contribution in [-0.2, 0) is 27.5 Å². The van der Waals surface area contributed by atoms with Gasteiger partial charge in [0.25, 0.3) is 15.9 Å². The number of carbonyl (C=O) groups excluding carboxylic acids is 1. The minimum Gasteiger partial charge on any atom is -0.348 e. The number of halogens is 6. The number of alkyl halides is 5. The predicted molar refractivity (Wildman–Crippen MR) is 121 cm³/mol. The van der Waals surface area contributed by atoms with Crippen LogP contribution in [0.2, 0.25) is 4.34 Å². The van der Waals surface area contributed by atoms with Crippen LogP contribution in [0.1, 0.15) is 17.0 Å². The van der Waals surface area contributed by atoms with Gasteiger partial charge in [0.05, 0.1) is 28.7 Å². The molecule has 6 nitrogen and oxygen atoms in total. The topological polar surface area (TPSA) is 79.4 Å². The molecule has 15 heteroatoms. The second-order valence-electron chi connectivity index (χ2n) is 7.60. The number of nitrogens with zero attached hydrogens (tertiary/aromatic N) is 2. The highest BCUT2D eigenvalue weighted by atomic mass is 35.5. The summed E-state index contributed by atoms with van der Waals surface area (Å²) in [4.78, 5) is 17.0. The Kier molecular flexibility index (Phi) is 6.96. The number of hydrogen-bond acceptors (Lipinski definition) is 6. The Labute approximate surface area is 209 Å². The molecule has 3 heterocycles. The lowest BCUT2D eigenvalue weighted by atomic mass is 10.1. The second kappa shape index (κ2) is 9.39. The van der Waals surface area contributed by atoms with Crippen molar-refractivity contribution in [3.8, 4) is 11.3 Å². The number of aromatic nitrogens is 1. The molecule has 0 bridgehead atoms. The normalized spacial score (nSPS) is 18.6. The Bertz CT molecular complexity index is 1340. The molecule has 1 N–H and O–H groups in total. The van der Waals surface area contributed by atoms with Crippen LogP contribution in [0.4, 0.5) is 22.0 Å². The third-order valence-electron chi connectivity index (χ3n) is 5.11. The molecular formula is C20H15ClF5N3O3S3. The molecule has 0 saturated carbocycles. The fourth-order valence-corrected chi connectivity index (χ4v) is 7.42. The van der Waals surface area contributed by atoms with Gasteiger partial charge in [-0.25, -0.2) is 22.2 Å². The van der Waals surface area contributed by atoms with Gasteiger partial charge in [0.15, 0.2) is 0 Å². The van der Waals surface area contributed by atoms with Gasteiger partial charge < -0.3 is 5.32 Å². The van der Waals surface area contributed by atoms with E-state index in [0.717, 1.165) is 23.5 Å². The van der Waals surface area contributed by atoms with Crippen molar-refractivity contribution in [3.05, 3.63) is 56.7 Å². The fraction of sp³-hybridized carbons (Fsp3) is 0.300. The predicted octanol–water partition coefficient (Wildman–Crippen LogP) is 5.26. The smallest absolute Gasteiger partial charge is 0.348 e. The van der Waals surface area contributed by atoms with E-state index in [1.54, 1.807) is 5.38 Å². The van der Waals surface area contributed by atoms with Crippen LogP contribution >= 0.6 is 34.3 Å². The Morgan fingerprint density at radius 3 is 2.49 bits per heavy atom. The number of amides is 1. The van der Waals surface area contributed by atoms with Crippen molar-refractivity contribution >= 4 is 50.2 Å². The first-order valence-electron chi connectivity index (χ1n) is 9.81. The molecule has 35 heavy (non-hydrogen) atoms. The lowest BCUT2D eigenvalue weighted by Gasteiger charge is -2.21. The van der Waals surface area contributed by atoms with Gasteiger partial charge in [-0.15, -0.1) is 22.7 Å². The Balaban J connectivity index is 1.45. The van der Waals surface area contributed by atoms with E-state index in [2.05, 4.69) is 10.3 Å². The first-order valence-corrected chi connectivity index (χ1v) is 13.3. The summed E-state index contributed by atoms with van der Waals surface area (Å²) in [6.07, 6.45) is -5.45. The van der Waals surface area contributed by atoms with E-state index in [1.807, 2.05) is 0 Å². The summed E-state index contributed by atoms with van der Waals surface area (Å²) in [5, 5.41) is 4.36. The van der Waals surface area contributed by atoms with Gasteiger partial charge in [0.1, 0.15) is 15.3 Å². The van der Waals surface area contributed by atoms with Crippen molar-refractivity contribution in [1.82, 2.24) is 14.6 Å². The standard InChI is InChI=1S/C20H15ClF5N3O3S3/c21-15-5-6-17(34-15)35(31,32)29-10-19(22,23)7-14(29)18(30)27-8-16-28-13(9-33-16)11-1-3-12(4-2-11)20(24,25)26/h1-6,9,14H,7-8,10H2,(H,27,30)/t14-/m0/s1. The molecule has 0 aliphatic carbocycles. The Hall–Kier alpha value is -2.13. The van der Waals surface area contributed by atoms with Gasteiger partial charge in [-0.1, -0.05) is 23.7 Å². The summed E-state index contributed by atoms with van der Waals surface area (Å²) < 4.78 is 92.5. The monoisotopic (exact) mass is 571 g/mol. The average molecular weight is 572 g/mol. The minimum absolute atomic E-state index is 0.156. The van der Waals surface area contributed by atoms with E-state index in [-0.39, 0.29) is 15.1 Å². The summed E-state index contributed by atoms with van der Waals surface area (Å²) in [6, 6.07) is 5.25. The molecule has 2 aromatic heterocycles. The zero-order chi connectivity index (χ0) is 25.6. The lowest BCUT2D eigenvalue weighted by molar-refractivity contribution is -0.137. The second-order valence-corrected chi connectivity index (χ2v) is 12.4. The fourth-order valence-electron chi connectivity index (χ4n) is 3.45. The van der Waals surface area contributed by atoms with Crippen molar-refractivity contribution in [3.63, 3.8) is 0 Å². The molecule has 1 atom stereocenters. The van der Waals surface area contributed by atoms with Gasteiger partial charge in [0.2, 0.25) is 5.91 Å². The maximum Gasteiger partial charge on any atom is 0.416 e. The number of sulfonamides is 1. The zero-order valence-corrected chi connectivity index (χ0v) is 20.6. The van der Waals surface area contributed by atoms with Crippen LogP contribution in [0.15, 0.2) is 46.0 Å². The molecule has 4 rings (SSSR count). The highest BCUT2D eigenvalue weighted by molar-refractivity contribution is 7.91. The van der Waals surface area contributed by atoms with E-state index in [0.29, 0.717) is 31.9 Å². The number of rotatable bonds is 6. The van der Waals surface area contributed by atoms with E-state index < -0.39 is 52.6 Å². The SMILES string of the molecule is O=C(NCc1nc(-c2ccc(C(F)(F)F)cc2)cs1)[C@@H]1CC(F)(F)CN1S(=O)(=O)c1ccc(Cl)s1. The molecule has 3 aromatic rings. The number of thiazole rings is 1. The summed E-state index contributed by atoms with van der Waals surface area (Å²) in [6.45, 7) is -1.32. The maximum absolute atomic E-state index is 14.1. The van der Waals surface area contributed by atoms with Crippen molar-refractivity contribution in [2.75, 3.05) is 6.54 Å². The van der Waals surface area contributed by atoms with Crippen molar-refractivity contribution in [2.45, 2.75) is 35.3 Å². The van der Waals surface area contributed by atoms with Crippen LogP contribution in [0.3, 0.4) is 0 Å². The van der Waals surface area contributed by atoms with Crippen LogP contribution in [-0.4, -0.2) is 42.1 Å². The number of nitrogens with one attached hydrogen (secondary N) is 1. The van der Waals surface area contributed by atoms with Gasteiger partial charge in [-0.05, 0) is 24.3 Å². The molecule has 1 aromatic carbocycles. The van der Waals surface area contributed by atoms with Crippen molar-refractivity contribution < 1.29 is 35.2 Å². The van der Waals surface area contributed by atoms with E-state index in [4.69, 9.17) is 11.6 Å². The summed E-state index contributed by atoms with van der Waals surface area (Å²) in [5.74, 6) is -4.31. The summed E-state index contributed by atoms with van der Waals surface area (Å²) in [5.41, 5.74) is -0.00468. The van der Waals surface area contributed by atoms with Crippen molar-refractivity contribution in [1.29, 1.82) is 0 Å². The zero-order valence-electron chi connectivity index (χ0n) is 17.4. The third kappa shape index (κ3) is 5.66. The molecule has 1 amide bonds. The molecule has 1 aliphatic heterocycles. The molecular weight excluding hydrogens is 557 g/mol. The molecule has 0 radical (unpaired) electrons. The minimum atomic E-state index is -4.47. The third-order valence-corrected chi connectivity index (χ3v) is 9.52. The molecule has 0 spiro atoms. The van der Waals surface area contributed by atoms with E-state index in [9.17, 15) is 35.2 Å². The molecule has 0 unspecified atom stereocenters. The largest absolute Gasteiger partial charge is 0.416 e. The lowest BCUT2D eigenvalue weighted by Crippen LogP contribution is -2.45. The molecule has 1 fully saturated rings. The number of carbonyl (C=O) groups is 1. The van der Waals surface area contributed by atoms with Crippen LogP contribution in [0.5, 0.6) is 0 Å². The summed E-state index contributed by atoms with van der Waals surface area (Å²) >= 11 is 7.57. The Morgan fingerprint density at radius 1 is 1.20 bits per heavy atom. The summed E-state index contributed by atoms with van der Waals surface area (Å²) in [7, 11) is -4.38. The van der Waals surface area contributed by atoms with Crippen LogP contribution < -0.4 is 5.32 Å². The van der Waals surface area contributed by atoms with Crippen LogP contribution in [0, 0.1) is 0 Å². The van der Waals surface area contributed by atoms with Gasteiger partial charge in [-0.2, -0.15) is 17.5 Å². The maximum atomic E-state index is 14.1. The van der Waals surface area contributed by atoms with Gasteiger partial charge in [-0.3, -0.25) is 4.79 Å². The van der Waals surface area contributed by atoms with E-state index >= 15 is 0 Å². The molecule has 1 saturated heterocycles.